The first-order valence-electron chi connectivity index (χ1n) is 3.09. The topological polar surface area (TPSA) is 0 Å². The van der Waals surface area contributed by atoms with Gasteiger partial charge in [0.25, 0.3) is 0 Å². The maximum Gasteiger partial charge on any atom is 0.116 e. The maximum atomic E-state index is 12.4. The second-order valence-corrected chi connectivity index (χ2v) is 2.88. The van der Waals surface area contributed by atoms with E-state index in [0.717, 1.165) is 19.3 Å². The third-order valence-electron chi connectivity index (χ3n) is 1.60. The zero-order valence-electron chi connectivity index (χ0n) is 4.74. The molecule has 0 amide bonds. The number of halogens is 2. The van der Waals surface area contributed by atoms with E-state index >= 15 is 0 Å². The molecular formula is C6H10ClF. The average molecular weight is 137 g/mol. The maximum absolute atomic E-state index is 12.4. The average Bonchev–Trinajstić information content (AvgIpc) is 1.77. The van der Waals surface area contributed by atoms with E-state index in [1.807, 2.05) is 0 Å². The van der Waals surface area contributed by atoms with E-state index in [4.69, 9.17) is 11.6 Å². The molecule has 0 spiro atoms. The molecule has 0 heterocycles. The zero-order chi connectivity index (χ0) is 5.98. The molecule has 0 saturated heterocycles. The van der Waals surface area contributed by atoms with Gasteiger partial charge < -0.3 is 0 Å². The minimum Gasteiger partial charge on any atom is -0.246 e. The first-order valence-corrected chi connectivity index (χ1v) is 3.52. The van der Waals surface area contributed by atoms with Gasteiger partial charge in [-0.25, -0.2) is 4.39 Å². The molecule has 0 aromatic heterocycles. The highest BCUT2D eigenvalue weighted by Gasteiger charge is 2.21. The van der Waals surface area contributed by atoms with Crippen molar-refractivity contribution >= 4 is 11.6 Å². The Morgan fingerprint density at radius 2 is 1.88 bits per heavy atom. The third-order valence-corrected chi connectivity index (χ3v) is 2.09. The van der Waals surface area contributed by atoms with Crippen molar-refractivity contribution in [3.63, 3.8) is 0 Å². The van der Waals surface area contributed by atoms with Gasteiger partial charge in [-0.3, -0.25) is 0 Å². The highest BCUT2D eigenvalue weighted by Crippen LogP contribution is 2.24. The SMILES string of the molecule is FC1CCCCC1Cl. The number of hydrogen-bond acceptors (Lipinski definition) is 0. The lowest BCUT2D eigenvalue weighted by molar-refractivity contribution is 0.256. The van der Waals surface area contributed by atoms with E-state index in [1.165, 1.54) is 0 Å². The number of hydrogen-bond donors (Lipinski definition) is 0. The van der Waals surface area contributed by atoms with Gasteiger partial charge in [0, 0.05) is 0 Å². The van der Waals surface area contributed by atoms with Crippen LogP contribution in [-0.2, 0) is 0 Å². The molecular weight excluding hydrogens is 127 g/mol. The van der Waals surface area contributed by atoms with Gasteiger partial charge in [-0.05, 0) is 12.8 Å². The van der Waals surface area contributed by atoms with E-state index in [0.29, 0.717) is 6.42 Å². The van der Waals surface area contributed by atoms with Gasteiger partial charge in [0.15, 0.2) is 0 Å². The van der Waals surface area contributed by atoms with Crippen molar-refractivity contribution in [3.8, 4) is 0 Å². The lowest BCUT2D eigenvalue weighted by Crippen LogP contribution is -2.20. The summed E-state index contributed by atoms with van der Waals surface area (Å²) in [5, 5.41) is -0.191. The quantitative estimate of drug-likeness (QED) is 0.449. The Morgan fingerprint density at radius 1 is 1.25 bits per heavy atom. The predicted molar refractivity (Wildman–Crippen MR) is 33.0 cm³/mol. The van der Waals surface area contributed by atoms with Crippen molar-refractivity contribution in [2.24, 2.45) is 0 Å². The largest absolute Gasteiger partial charge is 0.246 e. The molecule has 0 N–H and O–H groups in total. The lowest BCUT2D eigenvalue weighted by Gasteiger charge is -2.19. The van der Waals surface area contributed by atoms with E-state index in [-0.39, 0.29) is 5.38 Å². The van der Waals surface area contributed by atoms with E-state index in [1.54, 1.807) is 0 Å². The summed E-state index contributed by atoms with van der Waals surface area (Å²) in [5.74, 6) is 0. The van der Waals surface area contributed by atoms with Crippen molar-refractivity contribution < 1.29 is 4.39 Å². The Morgan fingerprint density at radius 3 is 2.25 bits per heavy atom. The van der Waals surface area contributed by atoms with Gasteiger partial charge in [-0.1, -0.05) is 12.8 Å². The molecule has 0 radical (unpaired) electrons. The third kappa shape index (κ3) is 1.35. The lowest BCUT2D eigenvalue weighted by atomic mass is 9.99. The van der Waals surface area contributed by atoms with E-state index < -0.39 is 6.17 Å². The molecule has 0 aromatic rings. The second kappa shape index (κ2) is 2.67. The van der Waals surface area contributed by atoms with Crippen LogP contribution in [0.1, 0.15) is 25.7 Å². The molecule has 1 rings (SSSR count). The highest BCUT2D eigenvalue weighted by atomic mass is 35.5. The van der Waals surface area contributed by atoms with Gasteiger partial charge in [-0.15, -0.1) is 11.6 Å². The van der Waals surface area contributed by atoms with E-state index in [9.17, 15) is 4.39 Å². The van der Waals surface area contributed by atoms with Crippen LogP contribution in [0, 0.1) is 0 Å². The molecule has 0 aromatic carbocycles. The molecule has 48 valence electrons. The fourth-order valence-corrected chi connectivity index (χ4v) is 1.32. The van der Waals surface area contributed by atoms with Crippen molar-refractivity contribution in [2.45, 2.75) is 37.2 Å². The van der Waals surface area contributed by atoms with Gasteiger partial charge in [0.05, 0.1) is 5.38 Å². The van der Waals surface area contributed by atoms with Crippen LogP contribution < -0.4 is 0 Å². The summed E-state index contributed by atoms with van der Waals surface area (Å²) in [6, 6.07) is 0. The highest BCUT2D eigenvalue weighted by molar-refractivity contribution is 6.21. The van der Waals surface area contributed by atoms with Gasteiger partial charge in [0.2, 0.25) is 0 Å². The summed E-state index contributed by atoms with van der Waals surface area (Å²) in [6.07, 6.45) is 2.93. The molecule has 1 saturated carbocycles. The molecule has 8 heavy (non-hydrogen) atoms. The van der Waals surface area contributed by atoms with Gasteiger partial charge in [-0.2, -0.15) is 0 Å². The summed E-state index contributed by atoms with van der Waals surface area (Å²) >= 11 is 5.59. The predicted octanol–water partition coefficient (Wildman–Crippen LogP) is 2.51. The second-order valence-electron chi connectivity index (χ2n) is 2.32. The summed E-state index contributed by atoms with van der Waals surface area (Å²) in [6.45, 7) is 0. The van der Waals surface area contributed by atoms with Crippen molar-refractivity contribution in [1.29, 1.82) is 0 Å². The van der Waals surface area contributed by atoms with Gasteiger partial charge >= 0.3 is 0 Å². The van der Waals surface area contributed by atoms with Crippen molar-refractivity contribution in [3.05, 3.63) is 0 Å². The summed E-state index contributed by atoms with van der Waals surface area (Å²) in [5.41, 5.74) is 0. The minimum atomic E-state index is -0.731. The first-order chi connectivity index (χ1) is 3.80. The molecule has 1 aliphatic carbocycles. The summed E-state index contributed by atoms with van der Waals surface area (Å²) in [4.78, 5) is 0. The van der Waals surface area contributed by atoms with Crippen LogP contribution in [0.5, 0.6) is 0 Å². The fourth-order valence-electron chi connectivity index (χ4n) is 1.04. The molecule has 0 nitrogen and oxygen atoms in total. The summed E-state index contributed by atoms with van der Waals surface area (Å²) < 4.78 is 12.4. The molecule has 2 atom stereocenters. The van der Waals surface area contributed by atoms with Crippen LogP contribution in [0.25, 0.3) is 0 Å². The molecule has 1 aliphatic rings. The standard InChI is InChI=1S/C6H10ClF/c7-5-3-1-2-4-6(5)8/h5-6H,1-4H2. The molecule has 1 fully saturated rings. The zero-order valence-corrected chi connectivity index (χ0v) is 5.49. The van der Waals surface area contributed by atoms with E-state index in [2.05, 4.69) is 0 Å². The van der Waals surface area contributed by atoms with Crippen LogP contribution in [-0.4, -0.2) is 11.5 Å². The molecule has 0 bridgehead atoms. The Kier molecular flexibility index (Phi) is 2.12. The van der Waals surface area contributed by atoms with Crippen molar-refractivity contribution in [2.75, 3.05) is 0 Å². The molecule has 2 heteroatoms. The fraction of sp³-hybridized carbons (Fsp3) is 1.00. The molecule has 0 aliphatic heterocycles. The first kappa shape index (κ1) is 6.34. The van der Waals surface area contributed by atoms with Crippen LogP contribution >= 0.6 is 11.6 Å². The van der Waals surface area contributed by atoms with Crippen LogP contribution in [0.4, 0.5) is 4.39 Å². The summed E-state index contributed by atoms with van der Waals surface area (Å²) in [7, 11) is 0. The van der Waals surface area contributed by atoms with Crippen LogP contribution in [0.15, 0.2) is 0 Å². The Balaban J connectivity index is 2.28. The smallest absolute Gasteiger partial charge is 0.116 e. The number of alkyl halides is 2. The monoisotopic (exact) mass is 136 g/mol. The Hall–Kier alpha value is 0.220. The Labute approximate surface area is 54.0 Å². The van der Waals surface area contributed by atoms with Gasteiger partial charge in [0.1, 0.15) is 6.17 Å². The van der Waals surface area contributed by atoms with Crippen molar-refractivity contribution in [1.82, 2.24) is 0 Å². The van der Waals surface area contributed by atoms with Crippen LogP contribution in [0.2, 0.25) is 0 Å². The number of rotatable bonds is 0. The molecule has 2 unspecified atom stereocenters. The normalized spacial score (nSPS) is 39.8. The Bertz CT molecular complexity index is 64.9. The van der Waals surface area contributed by atoms with Crippen LogP contribution in [0.3, 0.4) is 0 Å². The minimum absolute atomic E-state index is 0.191.